The molecular formula is C20H27N7O3. The van der Waals surface area contributed by atoms with Crippen LogP contribution in [0.15, 0.2) is 24.3 Å². The van der Waals surface area contributed by atoms with Gasteiger partial charge in [-0.15, -0.1) is 0 Å². The van der Waals surface area contributed by atoms with Crippen LogP contribution in [0.5, 0.6) is 12.0 Å². The molecule has 0 spiro atoms. The Bertz CT molecular complexity index is 1000. The zero-order valence-electron chi connectivity index (χ0n) is 17.0. The zero-order chi connectivity index (χ0) is 20.9. The monoisotopic (exact) mass is 413 g/mol. The highest BCUT2D eigenvalue weighted by atomic mass is 16.5. The Morgan fingerprint density at radius 1 is 1.10 bits per heavy atom. The third-order valence-electron chi connectivity index (χ3n) is 5.05. The Morgan fingerprint density at radius 2 is 1.87 bits per heavy atom. The van der Waals surface area contributed by atoms with Crippen molar-refractivity contribution in [3.05, 3.63) is 35.4 Å². The fraction of sp³-hybridized carbons (Fsp3) is 0.450. The minimum absolute atomic E-state index is 0.130. The molecule has 4 rings (SSSR count). The molecule has 0 amide bonds. The Balaban J connectivity index is 1.57. The number of imidazole rings is 1. The lowest BCUT2D eigenvalue weighted by Gasteiger charge is -2.27. The average Bonchev–Trinajstić information content (AvgIpc) is 3.05. The number of rotatable bonds is 8. The summed E-state index contributed by atoms with van der Waals surface area (Å²) in [7, 11) is 1.59. The minimum atomic E-state index is -0.160. The lowest BCUT2D eigenvalue weighted by molar-refractivity contribution is 0.141. The van der Waals surface area contributed by atoms with E-state index in [1.807, 2.05) is 12.1 Å². The highest BCUT2D eigenvalue weighted by Gasteiger charge is 2.17. The number of ether oxygens (including phenoxy) is 2. The number of hydrogen-bond acceptors (Lipinski definition) is 9. The van der Waals surface area contributed by atoms with Crippen molar-refractivity contribution in [2.45, 2.75) is 13.1 Å². The van der Waals surface area contributed by atoms with Crippen LogP contribution in [0.2, 0.25) is 0 Å². The molecule has 1 saturated heterocycles. The third kappa shape index (κ3) is 4.61. The van der Waals surface area contributed by atoms with Crippen LogP contribution in [0, 0.1) is 0 Å². The topological polar surface area (TPSA) is 124 Å². The van der Waals surface area contributed by atoms with Crippen molar-refractivity contribution >= 4 is 17.0 Å². The fourth-order valence-electron chi connectivity index (χ4n) is 3.55. The summed E-state index contributed by atoms with van der Waals surface area (Å²) in [5.41, 5.74) is 9.06. The van der Waals surface area contributed by atoms with Crippen molar-refractivity contribution in [3.8, 4) is 12.0 Å². The zero-order valence-corrected chi connectivity index (χ0v) is 17.0. The van der Waals surface area contributed by atoms with Crippen LogP contribution in [-0.4, -0.2) is 76.0 Å². The number of aromatic nitrogens is 4. The molecule has 10 heteroatoms. The molecule has 2 aromatic heterocycles. The molecule has 0 aliphatic carbocycles. The molecule has 1 fully saturated rings. The van der Waals surface area contributed by atoms with Crippen molar-refractivity contribution in [2.75, 3.05) is 52.2 Å². The Labute approximate surface area is 174 Å². The second kappa shape index (κ2) is 9.24. The van der Waals surface area contributed by atoms with Crippen LogP contribution >= 0.6 is 0 Å². The molecule has 1 aliphatic rings. The number of nitrogens with zero attached hydrogens (tertiary/aromatic N) is 5. The van der Waals surface area contributed by atoms with Crippen molar-refractivity contribution in [2.24, 2.45) is 0 Å². The van der Waals surface area contributed by atoms with Gasteiger partial charge in [0.05, 0.1) is 13.2 Å². The number of nitrogens with two attached hydrogens (primary N) is 1. The summed E-state index contributed by atoms with van der Waals surface area (Å²) in [6.45, 7) is 6.14. The summed E-state index contributed by atoms with van der Waals surface area (Å²) in [4.78, 5) is 15.1. The molecule has 4 N–H and O–H groups in total. The van der Waals surface area contributed by atoms with Gasteiger partial charge in [-0.3, -0.25) is 9.47 Å². The number of nitrogens with one attached hydrogen (secondary N) is 1. The molecule has 3 aromatic rings. The fourth-order valence-corrected chi connectivity index (χ4v) is 3.55. The van der Waals surface area contributed by atoms with Crippen LogP contribution in [-0.2, 0) is 17.8 Å². The van der Waals surface area contributed by atoms with Gasteiger partial charge in [0, 0.05) is 39.8 Å². The summed E-state index contributed by atoms with van der Waals surface area (Å²) >= 11 is 0. The average molecular weight is 413 g/mol. The van der Waals surface area contributed by atoms with Crippen molar-refractivity contribution in [3.63, 3.8) is 0 Å². The van der Waals surface area contributed by atoms with Gasteiger partial charge in [-0.1, -0.05) is 24.3 Å². The van der Waals surface area contributed by atoms with E-state index >= 15 is 0 Å². The molecule has 0 unspecified atom stereocenters. The molecule has 0 bridgehead atoms. The SMILES string of the molecule is COCCOc1nc(N)c2nc(O)n(Cc3cccc(CN4CCNCC4)c3)c2n1. The van der Waals surface area contributed by atoms with E-state index in [9.17, 15) is 5.11 Å². The third-order valence-corrected chi connectivity index (χ3v) is 5.05. The minimum Gasteiger partial charge on any atom is -0.480 e. The van der Waals surface area contributed by atoms with E-state index in [-0.39, 0.29) is 17.8 Å². The molecule has 0 atom stereocenters. The maximum atomic E-state index is 10.4. The van der Waals surface area contributed by atoms with Crippen LogP contribution < -0.4 is 15.8 Å². The number of fused-ring (bicyclic) bond motifs is 1. The van der Waals surface area contributed by atoms with E-state index < -0.39 is 0 Å². The highest BCUT2D eigenvalue weighted by Crippen LogP contribution is 2.26. The van der Waals surface area contributed by atoms with Crippen LogP contribution in [0.25, 0.3) is 11.2 Å². The van der Waals surface area contributed by atoms with Gasteiger partial charge in [-0.2, -0.15) is 15.0 Å². The Morgan fingerprint density at radius 3 is 2.63 bits per heavy atom. The number of methoxy groups -OCH3 is 1. The van der Waals surface area contributed by atoms with E-state index in [4.69, 9.17) is 15.2 Å². The molecule has 1 aromatic carbocycles. The molecule has 30 heavy (non-hydrogen) atoms. The molecule has 10 nitrogen and oxygen atoms in total. The van der Waals surface area contributed by atoms with Gasteiger partial charge in [0.2, 0.25) is 0 Å². The van der Waals surface area contributed by atoms with Gasteiger partial charge in [-0.25, -0.2) is 0 Å². The van der Waals surface area contributed by atoms with E-state index in [1.165, 1.54) is 5.56 Å². The van der Waals surface area contributed by atoms with Crippen molar-refractivity contribution in [1.29, 1.82) is 0 Å². The first-order valence-electron chi connectivity index (χ1n) is 9.99. The summed E-state index contributed by atoms with van der Waals surface area (Å²) in [6, 6.07) is 8.30. The largest absolute Gasteiger partial charge is 0.480 e. The molecule has 160 valence electrons. The van der Waals surface area contributed by atoms with E-state index in [0.29, 0.717) is 30.9 Å². The van der Waals surface area contributed by atoms with E-state index in [1.54, 1.807) is 11.7 Å². The van der Waals surface area contributed by atoms with Crippen molar-refractivity contribution in [1.82, 2.24) is 29.7 Å². The lowest BCUT2D eigenvalue weighted by Crippen LogP contribution is -2.42. The number of hydrogen-bond donors (Lipinski definition) is 3. The number of anilines is 1. The smallest absolute Gasteiger partial charge is 0.320 e. The number of piperazine rings is 1. The standard InChI is InChI=1S/C20H27N7O3/c1-29-9-10-30-19-24-17(21)16-18(25-19)27(20(28)23-16)13-15-4-2-3-14(11-15)12-26-7-5-22-6-8-26/h2-4,11,22H,5-10,12-13H2,1H3,(H,23,28)(H2,21,24,25). The van der Waals surface area contributed by atoms with Gasteiger partial charge < -0.3 is 25.6 Å². The predicted octanol–water partition coefficient (Wildman–Crippen LogP) is 0.593. The Kier molecular flexibility index (Phi) is 6.26. The molecule has 3 heterocycles. The van der Waals surface area contributed by atoms with Crippen LogP contribution in [0.1, 0.15) is 11.1 Å². The summed E-state index contributed by atoms with van der Waals surface area (Å²) in [5.74, 6) is 0.161. The number of benzene rings is 1. The number of aromatic hydroxyl groups is 1. The molecule has 0 radical (unpaired) electrons. The van der Waals surface area contributed by atoms with Crippen LogP contribution in [0.4, 0.5) is 5.82 Å². The molecule has 0 saturated carbocycles. The van der Waals surface area contributed by atoms with E-state index in [2.05, 4.69) is 37.3 Å². The summed E-state index contributed by atoms with van der Waals surface area (Å²) in [5, 5.41) is 13.8. The quantitative estimate of drug-likeness (QED) is 0.455. The maximum Gasteiger partial charge on any atom is 0.320 e. The number of nitrogen functional groups attached to an aromatic ring is 1. The second-order valence-electron chi connectivity index (χ2n) is 7.25. The molecule has 1 aliphatic heterocycles. The Hall–Kier alpha value is -2.95. The first kappa shape index (κ1) is 20.3. The normalized spacial score (nSPS) is 15.0. The van der Waals surface area contributed by atoms with Crippen LogP contribution in [0.3, 0.4) is 0 Å². The van der Waals surface area contributed by atoms with Gasteiger partial charge >= 0.3 is 6.01 Å². The summed E-state index contributed by atoms with van der Waals surface area (Å²) in [6.07, 6.45) is 0. The summed E-state index contributed by atoms with van der Waals surface area (Å²) < 4.78 is 12.1. The van der Waals surface area contributed by atoms with Gasteiger partial charge in [0.25, 0.3) is 6.01 Å². The molecular weight excluding hydrogens is 386 g/mol. The van der Waals surface area contributed by atoms with Gasteiger partial charge in [0.15, 0.2) is 17.0 Å². The van der Waals surface area contributed by atoms with E-state index in [0.717, 1.165) is 38.3 Å². The van der Waals surface area contributed by atoms with Crippen molar-refractivity contribution < 1.29 is 14.6 Å². The highest BCUT2D eigenvalue weighted by molar-refractivity contribution is 5.83. The van der Waals surface area contributed by atoms with Gasteiger partial charge in [0.1, 0.15) is 6.61 Å². The van der Waals surface area contributed by atoms with Gasteiger partial charge in [-0.05, 0) is 11.1 Å². The lowest BCUT2D eigenvalue weighted by atomic mass is 10.1. The first-order chi connectivity index (χ1) is 14.6. The second-order valence-corrected chi connectivity index (χ2v) is 7.25. The maximum absolute atomic E-state index is 10.4. The predicted molar refractivity (Wildman–Crippen MR) is 112 cm³/mol. The first-order valence-corrected chi connectivity index (χ1v) is 9.99.